The Balaban J connectivity index is 1.91. The van der Waals surface area contributed by atoms with Crippen LogP contribution in [-0.2, 0) is 10.0 Å². The van der Waals surface area contributed by atoms with Gasteiger partial charge in [0.05, 0.1) is 6.04 Å². The molecule has 1 saturated carbocycles. The maximum absolute atomic E-state index is 12.6. The lowest BCUT2D eigenvalue weighted by Gasteiger charge is -2.18. The summed E-state index contributed by atoms with van der Waals surface area (Å²) in [5.74, 6) is -1.44. The lowest BCUT2D eigenvalue weighted by molar-refractivity contribution is 0.0702. The summed E-state index contributed by atoms with van der Waals surface area (Å²) in [7, 11) is -4.30. The predicted molar refractivity (Wildman–Crippen MR) is 85.9 cm³/mol. The van der Waals surface area contributed by atoms with Crippen molar-refractivity contribution in [1.82, 2.24) is 4.31 Å². The smallest absolute Gasteiger partial charge is 0.421 e. The zero-order chi connectivity index (χ0) is 17.5. The highest BCUT2D eigenvalue weighted by Gasteiger charge is 2.50. The number of rotatable bonds is 5. The van der Waals surface area contributed by atoms with Gasteiger partial charge in [-0.2, -0.15) is 12.7 Å². The van der Waals surface area contributed by atoms with Crippen molar-refractivity contribution < 1.29 is 28.2 Å². The van der Waals surface area contributed by atoms with Crippen LogP contribution in [-0.4, -0.2) is 41.0 Å². The van der Waals surface area contributed by atoms with Crippen molar-refractivity contribution in [3.05, 3.63) is 52.9 Å². The molecular formula is C15H13NO6S2. The average Bonchev–Trinajstić information content (AvgIpc) is 3.11. The van der Waals surface area contributed by atoms with Crippen molar-refractivity contribution in [3.8, 4) is 0 Å². The number of nitrogens with zero attached hydrogens (tertiary/aromatic N) is 1. The summed E-state index contributed by atoms with van der Waals surface area (Å²) in [6.45, 7) is 0. The van der Waals surface area contributed by atoms with Gasteiger partial charge in [0.2, 0.25) is 0 Å². The predicted octanol–water partition coefficient (Wildman–Crippen LogP) is 2.67. The van der Waals surface area contributed by atoms with E-state index in [0.717, 1.165) is 17.7 Å². The number of hydrogen-bond acceptors (Lipinski definition) is 5. The monoisotopic (exact) mass is 367 g/mol. The molecule has 2 aromatic rings. The van der Waals surface area contributed by atoms with Gasteiger partial charge in [-0.15, -0.1) is 11.3 Å². The van der Waals surface area contributed by atoms with Crippen LogP contribution in [0.5, 0.6) is 0 Å². The Morgan fingerprint density at radius 2 is 1.75 bits per heavy atom. The van der Waals surface area contributed by atoms with E-state index in [1.54, 1.807) is 0 Å². The van der Waals surface area contributed by atoms with E-state index < -0.39 is 28.1 Å². The molecule has 1 aliphatic rings. The summed E-state index contributed by atoms with van der Waals surface area (Å²) in [5.41, 5.74) is 0.876. The van der Waals surface area contributed by atoms with E-state index in [4.69, 9.17) is 5.11 Å². The van der Waals surface area contributed by atoms with Gasteiger partial charge in [-0.25, -0.2) is 9.59 Å². The van der Waals surface area contributed by atoms with Crippen molar-refractivity contribution in [2.45, 2.75) is 22.6 Å². The number of carboxylic acid groups (broad SMARTS) is 2. The van der Waals surface area contributed by atoms with Crippen LogP contribution in [0.15, 0.2) is 46.7 Å². The third kappa shape index (κ3) is 2.87. The molecule has 9 heteroatoms. The first-order chi connectivity index (χ1) is 11.3. The second-order valence-electron chi connectivity index (χ2n) is 5.33. The minimum Gasteiger partial charge on any atom is -0.477 e. The molecule has 0 saturated heterocycles. The van der Waals surface area contributed by atoms with E-state index in [9.17, 15) is 23.1 Å². The number of sulfonamides is 1. The quantitative estimate of drug-likeness (QED) is 0.840. The van der Waals surface area contributed by atoms with Crippen LogP contribution >= 0.6 is 11.3 Å². The number of thiophene rings is 1. The van der Waals surface area contributed by atoms with Gasteiger partial charge in [-0.3, -0.25) is 0 Å². The molecule has 1 amide bonds. The van der Waals surface area contributed by atoms with E-state index in [2.05, 4.69) is 0 Å². The Morgan fingerprint density at radius 3 is 2.29 bits per heavy atom. The maximum Gasteiger partial charge on any atom is 0.421 e. The molecule has 0 unspecified atom stereocenters. The van der Waals surface area contributed by atoms with Crippen molar-refractivity contribution in [1.29, 1.82) is 0 Å². The van der Waals surface area contributed by atoms with Gasteiger partial charge in [-0.05, 0) is 24.1 Å². The third-order valence-corrected chi connectivity index (χ3v) is 7.12. The Kier molecular flexibility index (Phi) is 4.06. The summed E-state index contributed by atoms with van der Waals surface area (Å²) >= 11 is 0.543. The molecule has 0 bridgehead atoms. The summed E-state index contributed by atoms with van der Waals surface area (Å²) in [4.78, 5) is 22.3. The zero-order valence-corrected chi connectivity index (χ0v) is 13.8. The Labute approximate surface area is 141 Å². The van der Waals surface area contributed by atoms with Crippen LogP contribution in [0.4, 0.5) is 4.79 Å². The van der Waals surface area contributed by atoms with Crippen LogP contribution in [0.2, 0.25) is 0 Å². The number of aromatic carboxylic acids is 1. The van der Waals surface area contributed by atoms with Gasteiger partial charge in [0, 0.05) is 5.92 Å². The van der Waals surface area contributed by atoms with Gasteiger partial charge in [0.15, 0.2) is 0 Å². The lowest BCUT2D eigenvalue weighted by Crippen LogP contribution is -2.38. The summed E-state index contributed by atoms with van der Waals surface area (Å²) < 4.78 is 25.4. The van der Waals surface area contributed by atoms with Gasteiger partial charge in [0.1, 0.15) is 9.09 Å². The van der Waals surface area contributed by atoms with Gasteiger partial charge < -0.3 is 10.2 Å². The van der Waals surface area contributed by atoms with Crippen LogP contribution in [0.3, 0.4) is 0 Å². The highest BCUT2D eigenvalue weighted by molar-refractivity contribution is 7.91. The molecule has 0 radical (unpaired) electrons. The minimum atomic E-state index is -4.30. The van der Waals surface area contributed by atoms with Gasteiger partial charge in [-0.1, -0.05) is 30.3 Å². The normalized spacial score (nSPS) is 19.7. The fourth-order valence-electron chi connectivity index (χ4n) is 2.59. The van der Waals surface area contributed by atoms with Crippen molar-refractivity contribution in [3.63, 3.8) is 0 Å². The number of hydrogen-bond donors (Lipinski definition) is 2. The SMILES string of the molecule is O=C(O)c1ccc(S(=O)(=O)N(C(=O)O)[C@@H]2C[C@H]2c2ccccc2)s1. The molecule has 126 valence electrons. The van der Waals surface area contributed by atoms with E-state index in [1.165, 1.54) is 0 Å². The highest BCUT2D eigenvalue weighted by atomic mass is 32.2. The molecule has 1 aromatic carbocycles. The zero-order valence-electron chi connectivity index (χ0n) is 12.2. The molecule has 3 rings (SSSR count). The lowest BCUT2D eigenvalue weighted by atomic mass is 10.1. The van der Waals surface area contributed by atoms with Gasteiger partial charge >= 0.3 is 12.1 Å². The number of amides is 1. The molecule has 1 fully saturated rings. The van der Waals surface area contributed by atoms with E-state index in [0.29, 0.717) is 22.1 Å². The number of carbonyl (C=O) groups is 2. The molecule has 24 heavy (non-hydrogen) atoms. The molecule has 2 atom stereocenters. The largest absolute Gasteiger partial charge is 0.477 e. The first-order valence-corrected chi connectivity index (χ1v) is 9.23. The molecule has 1 aromatic heterocycles. The molecular weight excluding hydrogens is 354 g/mol. The average molecular weight is 367 g/mol. The Hall–Kier alpha value is -2.39. The Morgan fingerprint density at radius 1 is 1.08 bits per heavy atom. The van der Waals surface area contributed by atoms with E-state index >= 15 is 0 Å². The molecule has 1 aliphatic carbocycles. The first kappa shape index (κ1) is 16.5. The Bertz CT molecular complexity index is 890. The van der Waals surface area contributed by atoms with Crippen molar-refractivity contribution in [2.24, 2.45) is 0 Å². The topological polar surface area (TPSA) is 112 Å². The standard InChI is InChI=1S/C15H13NO6S2/c17-14(18)12-6-7-13(23-12)24(21,22)16(15(19)20)11-8-10(11)9-4-2-1-3-5-9/h1-7,10-11H,8H2,(H,17,18)(H,19,20)/t10-,11+/m0/s1. The summed E-state index contributed by atoms with van der Waals surface area (Å²) in [5, 5.41) is 18.3. The van der Waals surface area contributed by atoms with Crippen LogP contribution < -0.4 is 0 Å². The maximum atomic E-state index is 12.6. The number of carboxylic acids is 1. The summed E-state index contributed by atoms with van der Waals surface area (Å²) in [6.07, 6.45) is -1.16. The van der Waals surface area contributed by atoms with Crippen LogP contribution in [0.1, 0.15) is 27.6 Å². The number of benzene rings is 1. The molecule has 7 nitrogen and oxygen atoms in total. The minimum absolute atomic E-state index is 0.158. The molecule has 0 spiro atoms. The third-order valence-electron chi connectivity index (χ3n) is 3.78. The molecule has 1 heterocycles. The second-order valence-corrected chi connectivity index (χ2v) is 8.45. The fraction of sp³-hybridized carbons (Fsp3) is 0.200. The second kappa shape index (κ2) is 5.91. The van der Waals surface area contributed by atoms with Crippen molar-refractivity contribution in [2.75, 3.05) is 0 Å². The van der Waals surface area contributed by atoms with E-state index in [1.807, 2.05) is 30.3 Å². The molecule has 2 N–H and O–H groups in total. The highest BCUT2D eigenvalue weighted by Crippen LogP contribution is 2.47. The van der Waals surface area contributed by atoms with Crippen LogP contribution in [0, 0.1) is 0 Å². The van der Waals surface area contributed by atoms with E-state index in [-0.39, 0.29) is 15.0 Å². The molecule has 0 aliphatic heterocycles. The van der Waals surface area contributed by atoms with Gasteiger partial charge in [0.25, 0.3) is 10.0 Å². The van der Waals surface area contributed by atoms with Crippen molar-refractivity contribution >= 4 is 33.4 Å². The fourth-order valence-corrected chi connectivity index (χ4v) is 5.33. The first-order valence-electron chi connectivity index (χ1n) is 6.98. The van der Waals surface area contributed by atoms with Crippen LogP contribution in [0.25, 0.3) is 0 Å². The summed E-state index contributed by atoms with van der Waals surface area (Å²) in [6, 6.07) is 10.7.